The van der Waals surface area contributed by atoms with Crippen molar-refractivity contribution in [2.24, 2.45) is 0 Å². The van der Waals surface area contributed by atoms with Crippen molar-refractivity contribution < 1.29 is 14.9 Å². The highest BCUT2D eigenvalue weighted by atomic mass is 16.5. The third-order valence-corrected chi connectivity index (χ3v) is 1.43. The number of aromatic amines is 1. The number of imidazole rings is 1. The minimum atomic E-state index is -0.195. The predicted octanol–water partition coefficient (Wildman–Crippen LogP) is -0.207. The fourth-order valence-corrected chi connectivity index (χ4v) is 0.886. The van der Waals surface area contributed by atoms with Crippen LogP contribution in [-0.2, 0) is 13.2 Å². The van der Waals surface area contributed by atoms with Gasteiger partial charge in [-0.15, -0.1) is 0 Å². The first-order valence-electron chi connectivity index (χ1n) is 3.74. The molecule has 1 heterocycles. The van der Waals surface area contributed by atoms with E-state index in [1.54, 1.807) is 0 Å². The average molecular weight is 172 g/mol. The Labute approximate surface area is 70.0 Å². The summed E-state index contributed by atoms with van der Waals surface area (Å²) in [5, 5.41) is 17.6. The summed E-state index contributed by atoms with van der Waals surface area (Å²) in [7, 11) is 0. The van der Waals surface area contributed by atoms with Gasteiger partial charge in [-0.2, -0.15) is 4.98 Å². The second-order valence-corrected chi connectivity index (χ2v) is 2.22. The molecule has 0 aliphatic heterocycles. The van der Waals surface area contributed by atoms with Crippen LogP contribution in [0.3, 0.4) is 0 Å². The normalized spacial score (nSPS) is 10.2. The van der Waals surface area contributed by atoms with Gasteiger partial charge in [0.1, 0.15) is 0 Å². The maximum absolute atomic E-state index is 8.79. The number of aliphatic hydroxyl groups is 2. The van der Waals surface area contributed by atoms with Crippen molar-refractivity contribution in [1.82, 2.24) is 9.97 Å². The summed E-state index contributed by atoms with van der Waals surface area (Å²) in [5.41, 5.74) is 0.932. The molecule has 0 aromatic carbocycles. The molecule has 68 valence electrons. The van der Waals surface area contributed by atoms with Crippen molar-refractivity contribution in [3.05, 3.63) is 11.4 Å². The Balaban J connectivity index is 2.81. The topological polar surface area (TPSA) is 78.4 Å². The van der Waals surface area contributed by atoms with Gasteiger partial charge in [-0.1, -0.05) is 0 Å². The molecular weight excluding hydrogens is 160 g/mol. The molecule has 12 heavy (non-hydrogen) atoms. The Morgan fingerprint density at radius 2 is 2.17 bits per heavy atom. The van der Waals surface area contributed by atoms with Crippen LogP contribution in [0.15, 0.2) is 0 Å². The lowest BCUT2D eigenvalue weighted by Gasteiger charge is -1.94. The molecule has 0 unspecified atom stereocenters. The predicted molar refractivity (Wildman–Crippen MR) is 41.6 cm³/mol. The Morgan fingerprint density at radius 1 is 1.42 bits per heavy atom. The van der Waals surface area contributed by atoms with Crippen LogP contribution < -0.4 is 4.74 Å². The van der Waals surface area contributed by atoms with Gasteiger partial charge in [-0.3, -0.25) is 0 Å². The lowest BCUT2D eigenvalue weighted by Crippen LogP contribution is -1.92. The summed E-state index contributed by atoms with van der Waals surface area (Å²) in [6.07, 6.45) is 0. The highest BCUT2D eigenvalue weighted by Gasteiger charge is 2.07. The molecule has 5 heteroatoms. The molecule has 0 saturated heterocycles. The highest BCUT2D eigenvalue weighted by molar-refractivity contribution is 5.15. The smallest absolute Gasteiger partial charge is 0.294 e. The lowest BCUT2D eigenvalue weighted by atomic mass is 10.3. The van der Waals surface area contributed by atoms with Crippen molar-refractivity contribution >= 4 is 0 Å². The standard InChI is InChI=1S/C7H12N2O3/c1-2-12-7-8-5(3-10)6(4-11)9-7/h10-11H,2-4H2,1H3,(H,8,9). The van der Waals surface area contributed by atoms with E-state index in [0.717, 1.165) is 0 Å². The van der Waals surface area contributed by atoms with E-state index in [1.807, 2.05) is 6.92 Å². The van der Waals surface area contributed by atoms with Crippen LogP contribution in [0.5, 0.6) is 6.01 Å². The third-order valence-electron chi connectivity index (χ3n) is 1.43. The molecule has 1 aromatic rings. The van der Waals surface area contributed by atoms with Gasteiger partial charge >= 0.3 is 0 Å². The first-order valence-corrected chi connectivity index (χ1v) is 3.74. The Kier molecular flexibility index (Phi) is 3.07. The fourth-order valence-electron chi connectivity index (χ4n) is 0.886. The van der Waals surface area contributed by atoms with E-state index < -0.39 is 0 Å². The van der Waals surface area contributed by atoms with E-state index in [1.165, 1.54) is 0 Å². The van der Waals surface area contributed by atoms with E-state index in [-0.39, 0.29) is 13.2 Å². The maximum atomic E-state index is 8.79. The number of rotatable bonds is 4. The summed E-state index contributed by atoms with van der Waals surface area (Å²) in [6.45, 7) is 1.97. The van der Waals surface area contributed by atoms with Gasteiger partial charge in [0.2, 0.25) is 0 Å². The van der Waals surface area contributed by atoms with E-state index in [2.05, 4.69) is 9.97 Å². The van der Waals surface area contributed by atoms with Crippen LogP contribution >= 0.6 is 0 Å². The number of nitrogens with one attached hydrogen (secondary N) is 1. The van der Waals surface area contributed by atoms with Crippen molar-refractivity contribution in [1.29, 1.82) is 0 Å². The number of nitrogens with zero attached hydrogens (tertiary/aromatic N) is 1. The number of ether oxygens (including phenoxy) is 1. The molecule has 0 aliphatic carbocycles. The average Bonchev–Trinajstić information content (AvgIpc) is 2.48. The van der Waals surface area contributed by atoms with E-state index in [0.29, 0.717) is 24.0 Å². The van der Waals surface area contributed by atoms with Gasteiger partial charge < -0.3 is 19.9 Å². The second-order valence-electron chi connectivity index (χ2n) is 2.22. The van der Waals surface area contributed by atoms with Gasteiger partial charge in [-0.25, -0.2) is 0 Å². The first-order chi connectivity index (χ1) is 5.81. The molecule has 0 amide bonds. The van der Waals surface area contributed by atoms with Crippen LogP contribution in [0.4, 0.5) is 0 Å². The van der Waals surface area contributed by atoms with Crippen LogP contribution in [0.25, 0.3) is 0 Å². The van der Waals surface area contributed by atoms with Gasteiger partial charge in [0.25, 0.3) is 6.01 Å². The quantitative estimate of drug-likeness (QED) is 0.587. The monoisotopic (exact) mass is 172 g/mol. The zero-order chi connectivity index (χ0) is 8.97. The summed E-state index contributed by atoms with van der Waals surface area (Å²) in [4.78, 5) is 6.64. The Hall–Kier alpha value is -1.07. The van der Waals surface area contributed by atoms with Crippen LogP contribution in [-0.4, -0.2) is 26.8 Å². The zero-order valence-electron chi connectivity index (χ0n) is 6.87. The van der Waals surface area contributed by atoms with Crippen molar-refractivity contribution in [3.63, 3.8) is 0 Å². The summed E-state index contributed by atoms with van der Waals surface area (Å²) in [6, 6.07) is 0.339. The van der Waals surface area contributed by atoms with Crippen molar-refractivity contribution in [2.75, 3.05) is 6.61 Å². The highest BCUT2D eigenvalue weighted by Crippen LogP contribution is 2.11. The fraction of sp³-hybridized carbons (Fsp3) is 0.571. The lowest BCUT2D eigenvalue weighted by molar-refractivity contribution is 0.255. The molecule has 1 rings (SSSR count). The van der Waals surface area contributed by atoms with Crippen molar-refractivity contribution in [3.8, 4) is 6.01 Å². The molecule has 1 aromatic heterocycles. The zero-order valence-corrected chi connectivity index (χ0v) is 6.87. The number of hydrogen-bond acceptors (Lipinski definition) is 4. The number of aliphatic hydroxyl groups excluding tert-OH is 2. The van der Waals surface area contributed by atoms with Gasteiger partial charge in [0.05, 0.1) is 31.2 Å². The largest absolute Gasteiger partial charge is 0.465 e. The molecule has 0 saturated carbocycles. The maximum Gasteiger partial charge on any atom is 0.294 e. The van der Waals surface area contributed by atoms with E-state index in [4.69, 9.17) is 14.9 Å². The molecule has 3 N–H and O–H groups in total. The molecule has 0 spiro atoms. The molecule has 0 fully saturated rings. The minimum absolute atomic E-state index is 0.171. The van der Waals surface area contributed by atoms with Crippen LogP contribution in [0, 0.1) is 0 Å². The van der Waals surface area contributed by atoms with Gasteiger partial charge in [-0.05, 0) is 6.92 Å². The number of aromatic nitrogens is 2. The second kappa shape index (κ2) is 4.08. The number of hydrogen-bond donors (Lipinski definition) is 3. The van der Waals surface area contributed by atoms with Gasteiger partial charge in [0, 0.05) is 0 Å². The van der Waals surface area contributed by atoms with Crippen LogP contribution in [0.1, 0.15) is 18.3 Å². The molecule has 0 radical (unpaired) electrons. The van der Waals surface area contributed by atoms with Gasteiger partial charge in [0.15, 0.2) is 0 Å². The van der Waals surface area contributed by atoms with E-state index >= 15 is 0 Å². The first kappa shape index (κ1) is 9.02. The molecular formula is C7H12N2O3. The van der Waals surface area contributed by atoms with E-state index in [9.17, 15) is 0 Å². The van der Waals surface area contributed by atoms with Crippen molar-refractivity contribution in [2.45, 2.75) is 20.1 Å². The molecule has 0 bridgehead atoms. The number of H-pyrrole nitrogens is 1. The minimum Gasteiger partial charge on any atom is -0.465 e. The molecule has 5 nitrogen and oxygen atoms in total. The van der Waals surface area contributed by atoms with Crippen LogP contribution in [0.2, 0.25) is 0 Å². The Bertz CT molecular complexity index is 225. The summed E-state index contributed by atoms with van der Waals surface area (Å²) < 4.78 is 5.04. The summed E-state index contributed by atoms with van der Waals surface area (Å²) >= 11 is 0. The molecule has 0 aliphatic rings. The Morgan fingerprint density at radius 3 is 2.58 bits per heavy atom. The third kappa shape index (κ3) is 1.75. The SMILES string of the molecule is CCOc1nc(CO)c(CO)[nH]1. The molecule has 0 atom stereocenters. The summed E-state index contributed by atoms with van der Waals surface area (Å²) in [5.74, 6) is 0.